The maximum absolute atomic E-state index is 5.59. The summed E-state index contributed by atoms with van der Waals surface area (Å²) < 4.78 is 18.5. The van der Waals surface area contributed by atoms with Crippen LogP contribution in [0.15, 0.2) is 30.5 Å². The van der Waals surface area contributed by atoms with Gasteiger partial charge in [-0.3, -0.25) is 0 Å². The Morgan fingerprint density at radius 2 is 1.44 bits per heavy atom. The Balaban J connectivity index is 1.48. The fourth-order valence-electron chi connectivity index (χ4n) is 2.34. The molecule has 0 radical (unpaired) electrons. The zero-order valence-electron chi connectivity index (χ0n) is 17.1. The van der Waals surface area contributed by atoms with Gasteiger partial charge in [-0.25, -0.2) is 4.68 Å². The highest BCUT2D eigenvalue weighted by Crippen LogP contribution is 2.18. The van der Waals surface area contributed by atoms with Gasteiger partial charge in [0.2, 0.25) is 0 Å². The smallest absolute Gasteiger partial charge is 0.113 e. The minimum absolute atomic E-state index is 0.319. The SMILES string of the molecule is Cc1ccc(-c2cn(CCOCCOCCOCCC(C)(C)C)nn2)cc1. The maximum atomic E-state index is 5.59. The first-order valence-corrected chi connectivity index (χ1v) is 9.64. The number of aryl methyl sites for hydroxylation is 1. The Kier molecular flexibility index (Phi) is 8.91. The van der Waals surface area contributed by atoms with Gasteiger partial charge in [-0.2, -0.15) is 0 Å². The number of ether oxygens (including phenoxy) is 3. The molecule has 2 rings (SSSR count). The zero-order valence-corrected chi connectivity index (χ0v) is 17.1. The molecule has 150 valence electrons. The first-order valence-electron chi connectivity index (χ1n) is 9.64. The molecule has 0 amide bonds. The van der Waals surface area contributed by atoms with Crippen LogP contribution in [-0.2, 0) is 20.8 Å². The van der Waals surface area contributed by atoms with Crippen molar-refractivity contribution in [3.8, 4) is 11.3 Å². The van der Waals surface area contributed by atoms with Crippen LogP contribution in [0.4, 0.5) is 0 Å². The van der Waals surface area contributed by atoms with Crippen LogP contribution in [0.3, 0.4) is 0 Å². The Morgan fingerprint density at radius 3 is 2.07 bits per heavy atom. The van der Waals surface area contributed by atoms with Crippen molar-refractivity contribution in [2.75, 3.05) is 39.6 Å². The molecule has 0 aliphatic carbocycles. The third-order valence-electron chi connectivity index (χ3n) is 4.09. The first-order chi connectivity index (χ1) is 12.9. The predicted octanol–water partition coefficient (Wildman–Crippen LogP) is 3.74. The molecule has 6 nitrogen and oxygen atoms in total. The van der Waals surface area contributed by atoms with Crippen molar-refractivity contribution >= 4 is 0 Å². The minimum atomic E-state index is 0.319. The second kappa shape index (κ2) is 11.2. The van der Waals surface area contributed by atoms with E-state index in [-0.39, 0.29) is 0 Å². The highest BCUT2D eigenvalue weighted by Gasteiger charge is 2.09. The summed E-state index contributed by atoms with van der Waals surface area (Å²) in [6, 6.07) is 8.27. The second-order valence-corrected chi connectivity index (χ2v) is 7.88. The van der Waals surface area contributed by atoms with Crippen LogP contribution < -0.4 is 0 Å². The molecular formula is C21H33N3O3. The average molecular weight is 376 g/mol. The van der Waals surface area contributed by atoms with E-state index in [4.69, 9.17) is 14.2 Å². The lowest BCUT2D eigenvalue weighted by atomic mass is 9.93. The summed E-state index contributed by atoms with van der Waals surface area (Å²) in [7, 11) is 0. The highest BCUT2D eigenvalue weighted by molar-refractivity contribution is 5.57. The van der Waals surface area contributed by atoms with Gasteiger partial charge in [0.15, 0.2) is 0 Å². The van der Waals surface area contributed by atoms with Gasteiger partial charge in [-0.15, -0.1) is 5.10 Å². The van der Waals surface area contributed by atoms with Crippen LogP contribution >= 0.6 is 0 Å². The number of hydrogen-bond acceptors (Lipinski definition) is 5. The van der Waals surface area contributed by atoms with Gasteiger partial charge >= 0.3 is 0 Å². The molecule has 2 aromatic rings. The molecule has 0 aliphatic rings. The van der Waals surface area contributed by atoms with Crippen molar-refractivity contribution in [3.05, 3.63) is 36.0 Å². The van der Waals surface area contributed by atoms with E-state index in [0.29, 0.717) is 45.0 Å². The molecule has 0 saturated heterocycles. The summed E-state index contributed by atoms with van der Waals surface area (Å²) in [5.41, 5.74) is 3.51. The normalized spacial score (nSPS) is 11.9. The van der Waals surface area contributed by atoms with Crippen LogP contribution in [0.1, 0.15) is 32.8 Å². The van der Waals surface area contributed by atoms with E-state index in [1.54, 1.807) is 4.68 Å². The number of benzene rings is 1. The van der Waals surface area contributed by atoms with Crippen molar-refractivity contribution in [2.24, 2.45) is 5.41 Å². The van der Waals surface area contributed by atoms with Crippen molar-refractivity contribution < 1.29 is 14.2 Å². The van der Waals surface area contributed by atoms with E-state index in [1.807, 2.05) is 6.20 Å². The molecule has 0 atom stereocenters. The van der Waals surface area contributed by atoms with Crippen molar-refractivity contribution in [3.63, 3.8) is 0 Å². The quantitative estimate of drug-likeness (QED) is 0.529. The van der Waals surface area contributed by atoms with E-state index in [9.17, 15) is 0 Å². The zero-order chi connectivity index (χ0) is 19.5. The molecule has 6 heteroatoms. The standard InChI is InChI=1S/C21H33N3O3/c1-18-5-7-19(8-6-18)20-17-24(23-22-20)10-12-26-14-16-27-15-13-25-11-9-21(2,3)4/h5-8,17H,9-16H2,1-4H3. The lowest BCUT2D eigenvalue weighted by molar-refractivity contribution is 0.00881. The molecule has 0 spiro atoms. The molecular weight excluding hydrogens is 342 g/mol. The summed E-state index contributed by atoms with van der Waals surface area (Å²) in [6.07, 6.45) is 3.00. The Hall–Kier alpha value is -1.76. The summed E-state index contributed by atoms with van der Waals surface area (Å²) in [6.45, 7) is 13.2. The monoisotopic (exact) mass is 375 g/mol. The fraction of sp³-hybridized carbons (Fsp3) is 0.619. The lowest BCUT2D eigenvalue weighted by Gasteiger charge is -2.17. The molecule has 0 fully saturated rings. The Bertz CT molecular complexity index is 647. The van der Waals surface area contributed by atoms with Crippen LogP contribution in [-0.4, -0.2) is 54.6 Å². The molecule has 0 aliphatic heterocycles. The van der Waals surface area contributed by atoms with Crippen molar-refractivity contribution in [1.82, 2.24) is 15.0 Å². The maximum Gasteiger partial charge on any atom is 0.113 e. The molecule has 1 aromatic carbocycles. The summed E-state index contributed by atoms with van der Waals surface area (Å²) >= 11 is 0. The molecule has 0 bridgehead atoms. The van der Waals surface area contributed by atoms with Crippen molar-refractivity contribution in [1.29, 1.82) is 0 Å². The van der Waals surface area contributed by atoms with Crippen molar-refractivity contribution in [2.45, 2.75) is 40.7 Å². The second-order valence-electron chi connectivity index (χ2n) is 7.88. The van der Waals surface area contributed by atoms with E-state index in [2.05, 4.69) is 62.3 Å². The third kappa shape index (κ3) is 9.13. The Labute approximate surface area is 162 Å². The summed E-state index contributed by atoms with van der Waals surface area (Å²) in [5, 5.41) is 8.36. The largest absolute Gasteiger partial charge is 0.379 e. The highest BCUT2D eigenvalue weighted by atomic mass is 16.5. The van der Waals surface area contributed by atoms with Gasteiger partial charge in [0.1, 0.15) is 5.69 Å². The summed E-state index contributed by atoms with van der Waals surface area (Å²) in [4.78, 5) is 0. The van der Waals surface area contributed by atoms with Gasteiger partial charge in [0.05, 0.1) is 45.8 Å². The van der Waals surface area contributed by atoms with Crippen LogP contribution in [0, 0.1) is 12.3 Å². The molecule has 0 saturated carbocycles. The predicted molar refractivity (Wildman–Crippen MR) is 107 cm³/mol. The van der Waals surface area contributed by atoms with Gasteiger partial charge < -0.3 is 14.2 Å². The van der Waals surface area contributed by atoms with Crippen LogP contribution in [0.25, 0.3) is 11.3 Å². The molecule has 1 heterocycles. The van der Waals surface area contributed by atoms with Gasteiger partial charge in [0, 0.05) is 12.2 Å². The van der Waals surface area contributed by atoms with E-state index >= 15 is 0 Å². The van der Waals surface area contributed by atoms with Gasteiger partial charge in [0.25, 0.3) is 0 Å². The van der Waals surface area contributed by atoms with Gasteiger partial charge in [-0.1, -0.05) is 55.8 Å². The van der Waals surface area contributed by atoms with E-state index < -0.39 is 0 Å². The van der Waals surface area contributed by atoms with E-state index in [1.165, 1.54) is 5.56 Å². The van der Waals surface area contributed by atoms with Gasteiger partial charge in [-0.05, 0) is 18.8 Å². The van der Waals surface area contributed by atoms with Crippen LogP contribution in [0.2, 0.25) is 0 Å². The fourth-order valence-corrected chi connectivity index (χ4v) is 2.34. The average Bonchev–Trinajstić information content (AvgIpc) is 3.08. The topological polar surface area (TPSA) is 58.4 Å². The van der Waals surface area contributed by atoms with Crippen LogP contribution in [0.5, 0.6) is 0 Å². The van der Waals surface area contributed by atoms with E-state index in [0.717, 1.165) is 24.3 Å². The Morgan fingerprint density at radius 1 is 0.852 bits per heavy atom. The third-order valence-corrected chi connectivity index (χ3v) is 4.09. The number of rotatable bonds is 12. The molecule has 1 aromatic heterocycles. The molecule has 0 unspecified atom stereocenters. The summed E-state index contributed by atoms with van der Waals surface area (Å²) in [5.74, 6) is 0. The molecule has 27 heavy (non-hydrogen) atoms. The molecule has 0 N–H and O–H groups in total. The number of aromatic nitrogens is 3. The lowest BCUT2D eigenvalue weighted by Crippen LogP contribution is -2.14. The number of hydrogen-bond donors (Lipinski definition) is 0. The first kappa shape index (κ1) is 21.5. The minimum Gasteiger partial charge on any atom is -0.379 e. The number of nitrogens with zero attached hydrogens (tertiary/aromatic N) is 3.